The molecule has 1 aromatic carbocycles. The second kappa shape index (κ2) is 7.91. The van der Waals surface area contributed by atoms with Gasteiger partial charge in [0.1, 0.15) is 11.5 Å². The van der Waals surface area contributed by atoms with E-state index < -0.39 is 0 Å². The molecule has 0 spiro atoms. The van der Waals surface area contributed by atoms with E-state index in [1.54, 1.807) is 6.20 Å². The number of benzene rings is 1. The number of aryl methyl sites for hydroxylation is 1. The topological polar surface area (TPSA) is 37.6 Å². The van der Waals surface area contributed by atoms with Gasteiger partial charge in [-0.3, -0.25) is 4.79 Å². The smallest absolute Gasteiger partial charge is 0.228 e. The summed E-state index contributed by atoms with van der Waals surface area (Å²) in [5.74, 6) is 0.489. The van der Waals surface area contributed by atoms with Crippen molar-refractivity contribution >= 4 is 11.6 Å². The zero-order valence-corrected chi connectivity index (χ0v) is 15.4. The Labute approximate surface area is 158 Å². The van der Waals surface area contributed by atoms with Crippen molar-refractivity contribution in [1.82, 2.24) is 14.3 Å². The molecule has 140 valence electrons. The summed E-state index contributed by atoms with van der Waals surface area (Å²) in [6.07, 6.45) is 8.30. The van der Waals surface area contributed by atoms with E-state index in [1.807, 2.05) is 45.8 Å². The Bertz CT molecular complexity index is 919. The fraction of sp³-hybridized carbons (Fsp3) is 0.364. The number of pyridine rings is 1. The van der Waals surface area contributed by atoms with Crippen LogP contribution in [0, 0.1) is 11.7 Å². The van der Waals surface area contributed by atoms with E-state index in [2.05, 4.69) is 4.98 Å². The highest BCUT2D eigenvalue weighted by molar-refractivity contribution is 5.78. The number of amides is 1. The fourth-order valence-electron chi connectivity index (χ4n) is 3.93. The van der Waals surface area contributed by atoms with Gasteiger partial charge in [0.2, 0.25) is 5.91 Å². The minimum Gasteiger partial charge on any atom is -0.342 e. The first-order valence-electron chi connectivity index (χ1n) is 9.62. The van der Waals surface area contributed by atoms with Gasteiger partial charge < -0.3 is 9.30 Å². The summed E-state index contributed by atoms with van der Waals surface area (Å²) in [7, 11) is 0. The highest BCUT2D eigenvalue weighted by Crippen LogP contribution is 2.22. The highest BCUT2D eigenvalue weighted by atomic mass is 19.1. The lowest BCUT2D eigenvalue weighted by Crippen LogP contribution is -2.41. The molecule has 0 bridgehead atoms. The summed E-state index contributed by atoms with van der Waals surface area (Å²) < 4.78 is 15.0. The molecule has 0 radical (unpaired) electrons. The van der Waals surface area contributed by atoms with Gasteiger partial charge in [0.05, 0.1) is 12.1 Å². The Morgan fingerprint density at radius 3 is 2.89 bits per heavy atom. The second-order valence-corrected chi connectivity index (χ2v) is 7.37. The van der Waals surface area contributed by atoms with Gasteiger partial charge in [-0.2, -0.15) is 0 Å². The summed E-state index contributed by atoms with van der Waals surface area (Å²) in [6, 6.07) is 12.6. The van der Waals surface area contributed by atoms with Crippen molar-refractivity contribution in [2.75, 3.05) is 13.1 Å². The van der Waals surface area contributed by atoms with Gasteiger partial charge in [-0.1, -0.05) is 18.2 Å². The Hall–Kier alpha value is -2.69. The predicted molar refractivity (Wildman–Crippen MR) is 103 cm³/mol. The second-order valence-electron chi connectivity index (χ2n) is 7.37. The molecule has 27 heavy (non-hydrogen) atoms. The summed E-state index contributed by atoms with van der Waals surface area (Å²) in [5.41, 5.74) is 2.96. The molecule has 1 aliphatic heterocycles. The van der Waals surface area contributed by atoms with Crippen molar-refractivity contribution in [1.29, 1.82) is 0 Å². The van der Waals surface area contributed by atoms with Crippen molar-refractivity contribution in [3.8, 4) is 0 Å². The number of carbonyl (C=O) groups excluding carboxylic acids is 1. The Balaban J connectivity index is 1.34. The molecule has 4 nitrogen and oxygen atoms in total. The van der Waals surface area contributed by atoms with Gasteiger partial charge >= 0.3 is 0 Å². The zero-order valence-electron chi connectivity index (χ0n) is 15.4. The van der Waals surface area contributed by atoms with Crippen LogP contribution in [-0.4, -0.2) is 33.3 Å². The number of carbonyl (C=O) groups is 1. The molecule has 1 amide bonds. The minimum absolute atomic E-state index is 0.173. The summed E-state index contributed by atoms with van der Waals surface area (Å²) >= 11 is 0. The molecule has 0 saturated carbocycles. The third kappa shape index (κ3) is 4.18. The van der Waals surface area contributed by atoms with E-state index in [4.69, 9.17) is 0 Å². The van der Waals surface area contributed by atoms with Gasteiger partial charge in [-0.05, 0) is 61.4 Å². The van der Waals surface area contributed by atoms with Crippen LogP contribution < -0.4 is 0 Å². The van der Waals surface area contributed by atoms with E-state index in [1.165, 1.54) is 12.1 Å². The maximum atomic E-state index is 13.0. The van der Waals surface area contributed by atoms with Crippen molar-refractivity contribution in [2.45, 2.75) is 32.1 Å². The molecule has 5 heteroatoms. The van der Waals surface area contributed by atoms with Crippen LogP contribution in [0.3, 0.4) is 0 Å². The number of nitrogens with zero attached hydrogens (tertiary/aromatic N) is 3. The standard InChI is InChI=1S/C22H24FN3O/c23-19-10-8-17(9-11-19)6-7-18-4-3-12-25(16-18)22(27)14-20-15-24-21-5-1-2-13-26(20)21/h1-2,5,8-11,13,15,18H,3-4,6-7,12,14,16H2. The SMILES string of the molecule is O=C(Cc1cnc2ccccn12)N1CCCC(CCc2ccc(F)cc2)C1. The molecule has 1 fully saturated rings. The first-order valence-corrected chi connectivity index (χ1v) is 9.62. The molecule has 1 aliphatic rings. The number of likely N-dealkylation sites (tertiary alicyclic amines) is 1. The molecular formula is C22H24FN3O. The first kappa shape index (κ1) is 17.7. The normalized spacial score (nSPS) is 17.4. The van der Waals surface area contributed by atoms with Gasteiger partial charge in [-0.25, -0.2) is 9.37 Å². The Morgan fingerprint density at radius 1 is 1.19 bits per heavy atom. The lowest BCUT2D eigenvalue weighted by molar-refractivity contribution is -0.132. The summed E-state index contributed by atoms with van der Waals surface area (Å²) in [4.78, 5) is 19.2. The van der Waals surface area contributed by atoms with Crippen molar-refractivity contribution in [2.24, 2.45) is 5.92 Å². The molecule has 1 atom stereocenters. The number of hydrogen-bond donors (Lipinski definition) is 0. The van der Waals surface area contributed by atoms with Gasteiger partial charge in [0.15, 0.2) is 0 Å². The lowest BCUT2D eigenvalue weighted by atomic mass is 9.91. The largest absolute Gasteiger partial charge is 0.342 e. The average Bonchev–Trinajstić information content (AvgIpc) is 3.11. The Morgan fingerprint density at radius 2 is 2.04 bits per heavy atom. The minimum atomic E-state index is -0.194. The fourth-order valence-corrected chi connectivity index (χ4v) is 3.93. The molecule has 1 unspecified atom stereocenters. The summed E-state index contributed by atoms with van der Waals surface area (Å²) in [6.45, 7) is 1.65. The molecule has 0 aliphatic carbocycles. The predicted octanol–water partition coefficient (Wildman–Crippen LogP) is 3.89. The number of hydrogen-bond acceptors (Lipinski definition) is 2. The first-order chi connectivity index (χ1) is 13.2. The van der Waals surface area contributed by atoms with Crippen molar-refractivity contribution in [3.05, 3.63) is 71.9 Å². The van der Waals surface area contributed by atoms with Crippen LogP contribution in [0.5, 0.6) is 0 Å². The lowest BCUT2D eigenvalue weighted by Gasteiger charge is -2.33. The van der Waals surface area contributed by atoms with Crippen molar-refractivity contribution in [3.63, 3.8) is 0 Å². The Kier molecular flexibility index (Phi) is 5.19. The van der Waals surface area contributed by atoms with Crippen LogP contribution in [0.2, 0.25) is 0 Å². The third-order valence-corrected chi connectivity index (χ3v) is 5.45. The molecule has 4 rings (SSSR count). The third-order valence-electron chi connectivity index (χ3n) is 5.45. The zero-order chi connectivity index (χ0) is 18.6. The average molecular weight is 365 g/mol. The maximum absolute atomic E-state index is 13.0. The van der Waals surface area contributed by atoms with Crippen LogP contribution in [0.15, 0.2) is 54.9 Å². The van der Waals surface area contributed by atoms with Crippen molar-refractivity contribution < 1.29 is 9.18 Å². The molecule has 2 aromatic heterocycles. The quantitative estimate of drug-likeness (QED) is 0.688. The monoisotopic (exact) mass is 365 g/mol. The van der Waals surface area contributed by atoms with E-state index in [0.717, 1.165) is 55.7 Å². The number of rotatable bonds is 5. The number of piperidine rings is 1. The van der Waals surface area contributed by atoms with E-state index >= 15 is 0 Å². The van der Waals surface area contributed by atoms with Crippen LogP contribution in [0.25, 0.3) is 5.65 Å². The number of halogens is 1. The van der Waals surface area contributed by atoms with E-state index in [0.29, 0.717) is 12.3 Å². The highest BCUT2D eigenvalue weighted by Gasteiger charge is 2.24. The molecule has 3 heterocycles. The van der Waals surface area contributed by atoms with E-state index in [9.17, 15) is 9.18 Å². The van der Waals surface area contributed by atoms with E-state index in [-0.39, 0.29) is 11.7 Å². The molecule has 1 saturated heterocycles. The number of fused-ring (bicyclic) bond motifs is 1. The van der Waals surface area contributed by atoms with Crippen LogP contribution >= 0.6 is 0 Å². The van der Waals surface area contributed by atoms with Gasteiger partial charge in [0.25, 0.3) is 0 Å². The molecule has 3 aromatic rings. The summed E-state index contributed by atoms with van der Waals surface area (Å²) in [5, 5.41) is 0. The number of imidazole rings is 1. The maximum Gasteiger partial charge on any atom is 0.228 e. The molecular weight excluding hydrogens is 341 g/mol. The number of aromatic nitrogens is 2. The van der Waals surface area contributed by atoms with Crippen LogP contribution in [-0.2, 0) is 17.6 Å². The van der Waals surface area contributed by atoms with Crippen LogP contribution in [0.4, 0.5) is 4.39 Å². The molecule has 0 N–H and O–H groups in total. The van der Waals surface area contributed by atoms with Gasteiger partial charge in [0, 0.05) is 25.5 Å². The van der Waals surface area contributed by atoms with Crippen LogP contribution in [0.1, 0.15) is 30.5 Å². The van der Waals surface area contributed by atoms with Gasteiger partial charge in [-0.15, -0.1) is 0 Å².